The highest BCUT2D eigenvalue weighted by molar-refractivity contribution is 5.31. The zero-order valence-electron chi connectivity index (χ0n) is 13.5. The molecule has 0 N–H and O–H groups in total. The molecule has 2 aliphatic heterocycles. The number of methoxy groups -OCH3 is 1. The third-order valence-electron chi connectivity index (χ3n) is 4.72. The maximum atomic E-state index is 6.17. The molecule has 2 heterocycles. The number of fused-ring (bicyclic) bond motifs is 1. The Hall–Kier alpha value is -0.940. The lowest BCUT2D eigenvalue weighted by molar-refractivity contribution is -0.0910. The molecule has 4 nitrogen and oxygen atoms in total. The van der Waals surface area contributed by atoms with Crippen LogP contribution in [0.25, 0.3) is 0 Å². The van der Waals surface area contributed by atoms with Gasteiger partial charge in [0, 0.05) is 33.4 Å². The summed E-state index contributed by atoms with van der Waals surface area (Å²) in [5.74, 6) is 0.729. The van der Waals surface area contributed by atoms with E-state index in [1.54, 1.807) is 7.11 Å². The first-order valence-corrected chi connectivity index (χ1v) is 8.38. The predicted octanol–water partition coefficient (Wildman–Crippen LogP) is 2.63. The highest BCUT2D eigenvalue weighted by Gasteiger charge is 2.30. The van der Waals surface area contributed by atoms with Gasteiger partial charge < -0.3 is 14.2 Å². The minimum absolute atomic E-state index is 0.0722. The van der Waals surface area contributed by atoms with Crippen LogP contribution in [-0.4, -0.2) is 51.5 Å². The van der Waals surface area contributed by atoms with E-state index in [0.717, 1.165) is 38.6 Å². The second-order valence-electron chi connectivity index (χ2n) is 6.22. The van der Waals surface area contributed by atoms with Gasteiger partial charge in [-0.15, -0.1) is 0 Å². The lowest BCUT2D eigenvalue weighted by Crippen LogP contribution is -2.41. The molecule has 22 heavy (non-hydrogen) atoms. The number of hydrogen-bond donors (Lipinski definition) is 0. The highest BCUT2D eigenvalue weighted by Crippen LogP contribution is 2.32. The molecule has 1 aromatic rings. The van der Waals surface area contributed by atoms with Crippen molar-refractivity contribution in [2.75, 3.05) is 46.6 Å². The largest absolute Gasteiger partial charge is 0.382 e. The summed E-state index contributed by atoms with van der Waals surface area (Å²) < 4.78 is 16.8. The smallest absolute Gasteiger partial charge is 0.137 e. The third-order valence-corrected chi connectivity index (χ3v) is 4.72. The van der Waals surface area contributed by atoms with Crippen LogP contribution in [0.4, 0.5) is 0 Å². The van der Waals surface area contributed by atoms with Crippen molar-refractivity contribution < 1.29 is 14.2 Å². The monoisotopic (exact) mass is 305 g/mol. The Morgan fingerprint density at radius 3 is 2.82 bits per heavy atom. The van der Waals surface area contributed by atoms with Gasteiger partial charge in [-0.25, -0.2) is 0 Å². The lowest BCUT2D eigenvalue weighted by atomic mass is 9.94. The molecule has 122 valence electrons. The zero-order chi connectivity index (χ0) is 15.2. The molecular formula is C18H27NO3. The minimum Gasteiger partial charge on any atom is -0.382 e. The molecule has 1 saturated heterocycles. The quantitative estimate of drug-likeness (QED) is 0.756. The van der Waals surface area contributed by atoms with Gasteiger partial charge in [0.25, 0.3) is 0 Å². The maximum absolute atomic E-state index is 6.17. The summed E-state index contributed by atoms with van der Waals surface area (Å²) in [6.07, 6.45) is 3.53. The van der Waals surface area contributed by atoms with Crippen LogP contribution < -0.4 is 0 Å². The molecular weight excluding hydrogens is 278 g/mol. The first-order chi connectivity index (χ1) is 10.9. The van der Waals surface area contributed by atoms with Crippen LogP contribution in [0.5, 0.6) is 0 Å². The first-order valence-electron chi connectivity index (χ1n) is 8.38. The van der Waals surface area contributed by atoms with Crippen LogP contribution in [0.15, 0.2) is 24.3 Å². The fourth-order valence-corrected chi connectivity index (χ4v) is 3.47. The van der Waals surface area contributed by atoms with Crippen molar-refractivity contribution in [1.82, 2.24) is 4.90 Å². The maximum Gasteiger partial charge on any atom is 0.137 e. The second kappa shape index (κ2) is 8.06. The predicted molar refractivity (Wildman–Crippen MR) is 85.8 cm³/mol. The van der Waals surface area contributed by atoms with Crippen molar-refractivity contribution >= 4 is 0 Å². The summed E-state index contributed by atoms with van der Waals surface area (Å²) in [5, 5.41) is 0. The molecule has 0 bridgehead atoms. The highest BCUT2D eigenvalue weighted by atomic mass is 16.5. The van der Waals surface area contributed by atoms with E-state index in [1.807, 2.05) is 0 Å². The van der Waals surface area contributed by atoms with Crippen LogP contribution in [0, 0.1) is 5.92 Å². The van der Waals surface area contributed by atoms with E-state index in [4.69, 9.17) is 14.2 Å². The average Bonchev–Trinajstić information content (AvgIpc) is 2.57. The normalized spacial score (nSPS) is 23.4. The Kier molecular flexibility index (Phi) is 5.84. The van der Waals surface area contributed by atoms with E-state index in [1.165, 1.54) is 24.0 Å². The topological polar surface area (TPSA) is 30.9 Å². The number of rotatable bonds is 6. The van der Waals surface area contributed by atoms with Crippen LogP contribution in [0.3, 0.4) is 0 Å². The molecule has 0 aliphatic carbocycles. The number of ether oxygens (including phenoxy) is 3. The van der Waals surface area contributed by atoms with E-state index in [2.05, 4.69) is 29.2 Å². The van der Waals surface area contributed by atoms with Crippen LogP contribution >= 0.6 is 0 Å². The minimum atomic E-state index is 0.0722. The van der Waals surface area contributed by atoms with Gasteiger partial charge in [-0.3, -0.25) is 4.90 Å². The van der Waals surface area contributed by atoms with Crippen molar-refractivity contribution in [3.63, 3.8) is 0 Å². The van der Waals surface area contributed by atoms with Gasteiger partial charge in [0.1, 0.15) is 6.23 Å². The molecule has 2 aliphatic rings. The van der Waals surface area contributed by atoms with Crippen LogP contribution in [-0.2, 0) is 20.6 Å². The number of hydrogen-bond acceptors (Lipinski definition) is 4. The molecule has 1 fully saturated rings. The van der Waals surface area contributed by atoms with Gasteiger partial charge in [0.2, 0.25) is 0 Å². The summed E-state index contributed by atoms with van der Waals surface area (Å²) in [7, 11) is 1.72. The Balaban J connectivity index is 1.70. The van der Waals surface area contributed by atoms with Gasteiger partial charge >= 0.3 is 0 Å². The van der Waals surface area contributed by atoms with Crippen molar-refractivity contribution in [3.8, 4) is 0 Å². The van der Waals surface area contributed by atoms with Crippen LogP contribution in [0.2, 0.25) is 0 Å². The van der Waals surface area contributed by atoms with E-state index in [-0.39, 0.29) is 6.23 Å². The first kappa shape index (κ1) is 15.9. The zero-order valence-corrected chi connectivity index (χ0v) is 13.5. The molecule has 0 saturated carbocycles. The van der Waals surface area contributed by atoms with Gasteiger partial charge in [-0.1, -0.05) is 24.3 Å². The fraction of sp³-hybridized carbons (Fsp3) is 0.667. The number of benzene rings is 1. The van der Waals surface area contributed by atoms with Crippen molar-refractivity contribution in [3.05, 3.63) is 35.4 Å². The summed E-state index contributed by atoms with van der Waals surface area (Å²) >= 11 is 0. The summed E-state index contributed by atoms with van der Waals surface area (Å²) in [6.45, 7) is 5.28. The molecule has 0 amide bonds. The summed E-state index contributed by atoms with van der Waals surface area (Å²) in [4.78, 5) is 2.51. The molecule has 1 unspecified atom stereocenters. The van der Waals surface area contributed by atoms with Crippen molar-refractivity contribution in [2.24, 2.45) is 5.92 Å². The molecule has 0 aromatic heterocycles. The standard InChI is InChI=1S/C18H27NO3/c1-20-12-13-22-18-17-5-3-2-4-16(17)6-9-19(18)14-15-7-10-21-11-8-15/h2-5,15,18H,6-14H2,1H3. The van der Waals surface area contributed by atoms with Crippen LogP contribution in [0.1, 0.15) is 30.2 Å². The van der Waals surface area contributed by atoms with Gasteiger partial charge in [0.05, 0.1) is 13.2 Å². The van der Waals surface area contributed by atoms with Gasteiger partial charge in [-0.05, 0) is 36.3 Å². The van der Waals surface area contributed by atoms with Gasteiger partial charge in [0.15, 0.2) is 0 Å². The molecule has 0 spiro atoms. The molecule has 1 atom stereocenters. The van der Waals surface area contributed by atoms with E-state index < -0.39 is 0 Å². The molecule has 0 radical (unpaired) electrons. The summed E-state index contributed by atoms with van der Waals surface area (Å²) in [5.41, 5.74) is 2.75. The van der Waals surface area contributed by atoms with E-state index >= 15 is 0 Å². The van der Waals surface area contributed by atoms with Gasteiger partial charge in [-0.2, -0.15) is 0 Å². The fourth-order valence-electron chi connectivity index (χ4n) is 3.47. The van der Waals surface area contributed by atoms with Crippen molar-refractivity contribution in [2.45, 2.75) is 25.5 Å². The Bertz CT molecular complexity index is 459. The van der Waals surface area contributed by atoms with E-state index in [9.17, 15) is 0 Å². The average molecular weight is 305 g/mol. The Morgan fingerprint density at radius 1 is 1.18 bits per heavy atom. The van der Waals surface area contributed by atoms with E-state index in [0.29, 0.717) is 13.2 Å². The Labute approximate surface area is 133 Å². The summed E-state index contributed by atoms with van der Waals surface area (Å²) in [6, 6.07) is 8.68. The third kappa shape index (κ3) is 3.87. The number of nitrogens with zero attached hydrogens (tertiary/aromatic N) is 1. The van der Waals surface area contributed by atoms with Crippen molar-refractivity contribution in [1.29, 1.82) is 0 Å². The molecule has 3 rings (SSSR count). The molecule has 1 aromatic carbocycles. The lowest BCUT2D eigenvalue weighted by Gasteiger charge is -2.39. The molecule has 4 heteroatoms. The Morgan fingerprint density at radius 2 is 2.00 bits per heavy atom. The second-order valence-corrected chi connectivity index (χ2v) is 6.22. The SMILES string of the molecule is COCCOC1c2ccccc2CCN1CC1CCOCC1.